The van der Waals surface area contributed by atoms with Crippen LogP contribution in [0.3, 0.4) is 0 Å². The molecular weight excluding hydrogens is 316 g/mol. The molecule has 2 aromatic rings. The summed E-state index contributed by atoms with van der Waals surface area (Å²) in [6, 6.07) is 19.1. The van der Waals surface area contributed by atoms with Crippen LogP contribution in [0, 0.1) is 22.7 Å². The van der Waals surface area contributed by atoms with Gasteiger partial charge in [0.05, 0.1) is 12.5 Å². The molecule has 0 spiro atoms. The normalized spacial score (nSPS) is 11.2. The number of carbonyl (C=O) groups is 2. The highest BCUT2D eigenvalue weighted by Gasteiger charge is 2.21. The van der Waals surface area contributed by atoms with Crippen LogP contribution in [0.15, 0.2) is 54.6 Å². The SMILES string of the molecule is CC(=N)C(C#N)C(=O)COC(=O)Cc1ccc(-c2ccccc2)cc1. The summed E-state index contributed by atoms with van der Waals surface area (Å²) in [7, 11) is 0. The van der Waals surface area contributed by atoms with Gasteiger partial charge in [0.15, 0.2) is 12.4 Å². The quantitative estimate of drug-likeness (QED) is 0.622. The average molecular weight is 334 g/mol. The fourth-order valence-electron chi connectivity index (χ4n) is 2.31. The molecule has 5 nitrogen and oxygen atoms in total. The highest BCUT2D eigenvalue weighted by Crippen LogP contribution is 2.19. The molecule has 0 aliphatic heterocycles. The molecule has 1 atom stereocenters. The summed E-state index contributed by atoms with van der Waals surface area (Å²) < 4.78 is 4.92. The van der Waals surface area contributed by atoms with Crippen molar-refractivity contribution < 1.29 is 14.3 Å². The molecule has 1 N–H and O–H groups in total. The number of Topliss-reactive ketones (excluding diaryl/α,β-unsaturated/α-hetero) is 1. The lowest BCUT2D eigenvalue weighted by molar-refractivity contribution is -0.147. The van der Waals surface area contributed by atoms with E-state index in [-0.39, 0.29) is 12.1 Å². The van der Waals surface area contributed by atoms with Gasteiger partial charge >= 0.3 is 5.97 Å². The highest BCUT2D eigenvalue weighted by molar-refractivity contribution is 6.06. The first-order valence-electron chi connectivity index (χ1n) is 7.78. The molecule has 0 amide bonds. The number of nitrogens with one attached hydrogen (secondary N) is 1. The van der Waals surface area contributed by atoms with Crippen LogP contribution < -0.4 is 0 Å². The van der Waals surface area contributed by atoms with Crippen LogP contribution in [0.1, 0.15) is 12.5 Å². The molecule has 1 unspecified atom stereocenters. The summed E-state index contributed by atoms with van der Waals surface area (Å²) in [5.74, 6) is -2.28. The van der Waals surface area contributed by atoms with E-state index in [2.05, 4.69) is 0 Å². The minimum atomic E-state index is -1.15. The van der Waals surface area contributed by atoms with Gasteiger partial charge in [-0.1, -0.05) is 54.6 Å². The van der Waals surface area contributed by atoms with E-state index in [0.29, 0.717) is 0 Å². The van der Waals surface area contributed by atoms with Crippen molar-refractivity contribution in [2.45, 2.75) is 13.3 Å². The molecular formula is C20H18N2O3. The Hall–Kier alpha value is -3.26. The molecule has 0 aliphatic rings. The first-order chi connectivity index (χ1) is 12.0. The van der Waals surface area contributed by atoms with Crippen LogP contribution in [-0.4, -0.2) is 24.1 Å². The number of rotatable bonds is 7. The van der Waals surface area contributed by atoms with E-state index in [0.717, 1.165) is 16.7 Å². The minimum absolute atomic E-state index is 0.0448. The van der Waals surface area contributed by atoms with Crippen LogP contribution in [0.4, 0.5) is 0 Å². The third kappa shape index (κ3) is 5.11. The third-order valence-electron chi connectivity index (χ3n) is 3.67. The van der Waals surface area contributed by atoms with Crippen molar-refractivity contribution in [3.63, 3.8) is 0 Å². The first-order valence-corrected chi connectivity index (χ1v) is 7.78. The molecule has 0 saturated heterocycles. The molecule has 126 valence electrons. The fourth-order valence-corrected chi connectivity index (χ4v) is 2.31. The van der Waals surface area contributed by atoms with E-state index < -0.39 is 24.3 Å². The lowest BCUT2D eigenvalue weighted by Gasteiger charge is -2.08. The summed E-state index contributed by atoms with van der Waals surface area (Å²) in [5.41, 5.74) is 2.86. The van der Waals surface area contributed by atoms with Gasteiger partial charge in [0.2, 0.25) is 0 Å². The van der Waals surface area contributed by atoms with Crippen molar-refractivity contribution in [3.8, 4) is 17.2 Å². The molecule has 0 aliphatic carbocycles. The van der Waals surface area contributed by atoms with Gasteiger partial charge in [0.25, 0.3) is 0 Å². The number of nitrogens with zero attached hydrogens (tertiary/aromatic N) is 1. The molecule has 2 rings (SSSR count). The maximum absolute atomic E-state index is 11.8. The zero-order chi connectivity index (χ0) is 18.2. The van der Waals surface area contributed by atoms with Gasteiger partial charge in [-0.25, -0.2) is 0 Å². The van der Waals surface area contributed by atoms with Crippen molar-refractivity contribution in [1.29, 1.82) is 10.7 Å². The number of hydrogen-bond donors (Lipinski definition) is 1. The van der Waals surface area contributed by atoms with E-state index in [4.69, 9.17) is 15.4 Å². The Morgan fingerprint density at radius 1 is 1.08 bits per heavy atom. The van der Waals surface area contributed by atoms with Gasteiger partial charge in [-0.15, -0.1) is 0 Å². The molecule has 2 aromatic carbocycles. The van der Waals surface area contributed by atoms with Gasteiger partial charge in [0.1, 0.15) is 5.92 Å². The first kappa shape index (κ1) is 18.1. The third-order valence-corrected chi connectivity index (χ3v) is 3.67. The summed E-state index contributed by atoms with van der Waals surface area (Å²) >= 11 is 0. The van der Waals surface area contributed by atoms with Crippen LogP contribution in [0.2, 0.25) is 0 Å². The molecule has 5 heteroatoms. The highest BCUT2D eigenvalue weighted by atomic mass is 16.5. The van der Waals surface area contributed by atoms with Crippen molar-refractivity contribution in [2.75, 3.05) is 6.61 Å². The fraction of sp³-hybridized carbons (Fsp3) is 0.200. The van der Waals surface area contributed by atoms with Crippen molar-refractivity contribution in [2.24, 2.45) is 5.92 Å². The molecule has 25 heavy (non-hydrogen) atoms. The second kappa shape index (κ2) is 8.55. The Labute approximate surface area is 146 Å². The van der Waals surface area contributed by atoms with Crippen LogP contribution in [-0.2, 0) is 20.7 Å². The lowest BCUT2D eigenvalue weighted by Crippen LogP contribution is -2.26. The standard InChI is InChI=1S/C20H18N2O3/c1-14(22)18(12-21)19(23)13-25-20(24)11-15-7-9-17(10-8-15)16-5-3-2-4-6-16/h2-10,18,22H,11,13H2,1H3. The van der Waals surface area contributed by atoms with E-state index in [1.165, 1.54) is 6.92 Å². The zero-order valence-electron chi connectivity index (χ0n) is 13.9. The summed E-state index contributed by atoms with van der Waals surface area (Å²) in [4.78, 5) is 23.6. The predicted molar refractivity (Wildman–Crippen MR) is 94.1 cm³/mol. The molecule has 0 bridgehead atoms. The second-order valence-corrected chi connectivity index (χ2v) is 5.61. The monoisotopic (exact) mass is 334 g/mol. The Morgan fingerprint density at radius 3 is 2.24 bits per heavy atom. The Morgan fingerprint density at radius 2 is 1.68 bits per heavy atom. The minimum Gasteiger partial charge on any atom is -0.457 e. The van der Waals surface area contributed by atoms with Gasteiger partial charge < -0.3 is 10.1 Å². The van der Waals surface area contributed by atoms with Gasteiger partial charge in [0, 0.05) is 5.71 Å². The number of benzene rings is 2. The van der Waals surface area contributed by atoms with Crippen LogP contribution >= 0.6 is 0 Å². The second-order valence-electron chi connectivity index (χ2n) is 5.61. The average Bonchev–Trinajstić information content (AvgIpc) is 2.61. The molecule has 0 fully saturated rings. The summed E-state index contributed by atoms with van der Waals surface area (Å²) in [6.45, 7) is 0.886. The van der Waals surface area contributed by atoms with E-state index in [9.17, 15) is 9.59 Å². The zero-order valence-corrected chi connectivity index (χ0v) is 13.9. The smallest absolute Gasteiger partial charge is 0.310 e. The molecule has 0 saturated carbocycles. The molecule has 0 aromatic heterocycles. The largest absolute Gasteiger partial charge is 0.457 e. The maximum Gasteiger partial charge on any atom is 0.310 e. The van der Waals surface area contributed by atoms with Crippen LogP contribution in [0.25, 0.3) is 11.1 Å². The summed E-state index contributed by atoms with van der Waals surface area (Å²) in [5, 5.41) is 16.2. The van der Waals surface area contributed by atoms with Crippen molar-refractivity contribution in [1.82, 2.24) is 0 Å². The Kier molecular flexibility index (Phi) is 6.19. The predicted octanol–water partition coefficient (Wildman–Crippen LogP) is 3.19. The van der Waals surface area contributed by atoms with Gasteiger partial charge in [-0.05, 0) is 23.6 Å². The topological polar surface area (TPSA) is 91.0 Å². The van der Waals surface area contributed by atoms with Gasteiger partial charge in [-0.2, -0.15) is 5.26 Å². The maximum atomic E-state index is 11.8. The van der Waals surface area contributed by atoms with E-state index in [1.54, 1.807) is 6.07 Å². The van der Waals surface area contributed by atoms with Crippen molar-refractivity contribution >= 4 is 17.5 Å². The number of esters is 1. The Bertz CT molecular complexity index is 805. The van der Waals surface area contributed by atoms with E-state index >= 15 is 0 Å². The van der Waals surface area contributed by atoms with Crippen molar-refractivity contribution in [3.05, 3.63) is 60.2 Å². The summed E-state index contributed by atoms with van der Waals surface area (Å²) in [6.07, 6.45) is 0.0448. The van der Waals surface area contributed by atoms with Crippen LogP contribution in [0.5, 0.6) is 0 Å². The number of hydrogen-bond acceptors (Lipinski definition) is 5. The molecule has 0 heterocycles. The number of ether oxygens (including phenoxy) is 1. The number of nitriles is 1. The Balaban J connectivity index is 1.90. The number of carbonyl (C=O) groups excluding carboxylic acids is 2. The van der Waals surface area contributed by atoms with E-state index in [1.807, 2.05) is 54.6 Å². The number of ketones is 1. The lowest BCUT2D eigenvalue weighted by atomic mass is 10.0. The van der Waals surface area contributed by atoms with Gasteiger partial charge in [-0.3, -0.25) is 9.59 Å². The molecule has 0 radical (unpaired) electrons.